The molecule has 0 saturated carbocycles. The maximum absolute atomic E-state index is 3.17. The highest BCUT2D eigenvalue weighted by molar-refractivity contribution is 5.61. The first kappa shape index (κ1) is 7.11. The highest BCUT2D eigenvalue weighted by atomic mass is 14.0. The van der Waals surface area contributed by atoms with Gasteiger partial charge in [-0.05, 0) is 23.3 Å². The molecule has 2 aromatic carbocycles. The molecule has 0 aliphatic rings. The van der Waals surface area contributed by atoms with Crippen molar-refractivity contribution >= 4 is 0 Å². The molecule has 0 aliphatic carbocycles. The summed E-state index contributed by atoms with van der Waals surface area (Å²) in [6.45, 7) is 0. The smallest absolute Gasteiger partial charge is 0.00992 e. The zero-order chi connectivity index (χ0) is 8.23. The lowest BCUT2D eigenvalue weighted by atomic mass is 10.1. The number of hydrogen-bond donors (Lipinski definition) is 0. The molecule has 0 spiro atoms. The lowest BCUT2D eigenvalue weighted by Gasteiger charge is -1.97. The Balaban J connectivity index is 2.46. The van der Waals surface area contributed by atoms with E-state index in [-0.39, 0.29) is 0 Å². The van der Waals surface area contributed by atoms with E-state index in [1.165, 1.54) is 5.56 Å². The highest BCUT2D eigenvalue weighted by Crippen LogP contribution is 2.16. The summed E-state index contributed by atoms with van der Waals surface area (Å²) in [6, 6.07) is 22.0. The molecule has 0 heterocycles. The summed E-state index contributed by atoms with van der Waals surface area (Å²) < 4.78 is 0. The van der Waals surface area contributed by atoms with Crippen molar-refractivity contribution in [1.29, 1.82) is 0 Å². The van der Waals surface area contributed by atoms with E-state index in [4.69, 9.17) is 0 Å². The van der Waals surface area contributed by atoms with Gasteiger partial charge in [0.1, 0.15) is 0 Å². The van der Waals surface area contributed by atoms with E-state index in [2.05, 4.69) is 18.2 Å². The third-order valence-electron chi connectivity index (χ3n) is 1.74. The zero-order valence-electron chi connectivity index (χ0n) is 6.62. The molecule has 0 bridgehead atoms. The number of benzene rings is 2. The minimum atomic E-state index is 1.13. The number of rotatable bonds is 1. The molecular formula is C12H8. The second kappa shape index (κ2) is 3.22. The summed E-state index contributed by atoms with van der Waals surface area (Å²) in [7, 11) is 0. The van der Waals surface area contributed by atoms with Crippen LogP contribution in [0.2, 0.25) is 0 Å². The highest BCUT2D eigenvalue weighted by Gasteiger charge is 1.92. The van der Waals surface area contributed by atoms with Crippen LogP contribution in [0.5, 0.6) is 0 Å². The second-order valence-electron chi connectivity index (χ2n) is 2.56. The van der Waals surface area contributed by atoms with Gasteiger partial charge in [-0.1, -0.05) is 48.5 Å². The van der Waals surface area contributed by atoms with Crippen molar-refractivity contribution in [2.24, 2.45) is 0 Å². The van der Waals surface area contributed by atoms with Crippen molar-refractivity contribution in [1.82, 2.24) is 0 Å². The molecule has 2 aromatic rings. The van der Waals surface area contributed by atoms with Crippen LogP contribution in [0.1, 0.15) is 0 Å². The third kappa shape index (κ3) is 1.37. The fourth-order valence-electron chi connectivity index (χ4n) is 1.14. The Morgan fingerprint density at radius 1 is 0.833 bits per heavy atom. The molecule has 2 radical (unpaired) electrons. The van der Waals surface area contributed by atoms with Crippen LogP contribution in [0.4, 0.5) is 0 Å². The van der Waals surface area contributed by atoms with Gasteiger partial charge in [-0.15, -0.1) is 0 Å². The van der Waals surface area contributed by atoms with Crippen molar-refractivity contribution in [2.45, 2.75) is 0 Å². The van der Waals surface area contributed by atoms with Gasteiger partial charge in [0.15, 0.2) is 0 Å². The van der Waals surface area contributed by atoms with E-state index >= 15 is 0 Å². The topological polar surface area (TPSA) is 0 Å². The quantitative estimate of drug-likeness (QED) is 0.589. The minimum absolute atomic E-state index is 1.13. The third-order valence-corrected chi connectivity index (χ3v) is 1.74. The van der Waals surface area contributed by atoms with E-state index < -0.39 is 0 Å². The first-order valence-corrected chi connectivity index (χ1v) is 3.90. The van der Waals surface area contributed by atoms with E-state index in [0.29, 0.717) is 0 Å². The molecule has 0 heteroatoms. The van der Waals surface area contributed by atoms with Crippen molar-refractivity contribution in [2.75, 3.05) is 0 Å². The Bertz CT molecular complexity index is 297. The first-order chi connectivity index (χ1) is 5.97. The minimum Gasteiger partial charge on any atom is -0.0616 e. The molecule has 2 rings (SSSR count). The van der Waals surface area contributed by atoms with Crippen molar-refractivity contribution in [3.05, 3.63) is 60.7 Å². The standard InChI is InChI=1S/C12H8/c1-3-7-11(8-4-1)12-9-5-2-6-10-12/h1,3-7,9-10H. The number of hydrogen-bond acceptors (Lipinski definition) is 0. The second-order valence-corrected chi connectivity index (χ2v) is 2.56. The maximum atomic E-state index is 3.17. The molecule has 0 amide bonds. The van der Waals surface area contributed by atoms with Crippen molar-refractivity contribution < 1.29 is 0 Å². The Labute approximate surface area is 72.5 Å². The average Bonchev–Trinajstić information content (AvgIpc) is 2.21. The van der Waals surface area contributed by atoms with Crippen LogP contribution < -0.4 is 0 Å². The van der Waals surface area contributed by atoms with Crippen molar-refractivity contribution in [3.63, 3.8) is 0 Å². The van der Waals surface area contributed by atoms with Gasteiger partial charge in [0.25, 0.3) is 0 Å². The van der Waals surface area contributed by atoms with Gasteiger partial charge >= 0.3 is 0 Å². The van der Waals surface area contributed by atoms with Crippen LogP contribution in [0.15, 0.2) is 48.5 Å². The fraction of sp³-hybridized carbons (Fsp3) is 0. The Hall–Kier alpha value is -1.56. The summed E-state index contributed by atoms with van der Waals surface area (Å²) in [6.07, 6.45) is 0. The fourth-order valence-corrected chi connectivity index (χ4v) is 1.14. The lowest BCUT2D eigenvalue weighted by Crippen LogP contribution is -1.74. The van der Waals surface area contributed by atoms with Gasteiger partial charge in [-0.2, -0.15) is 0 Å². The predicted molar refractivity (Wildman–Crippen MR) is 49.6 cm³/mol. The summed E-state index contributed by atoms with van der Waals surface area (Å²) in [5.41, 5.74) is 2.32. The van der Waals surface area contributed by atoms with Crippen LogP contribution in [0.3, 0.4) is 0 Å². The Morgan fingerprint density at radius 2 is 1.67 bits per heavy atom. The van der Waals surface area contributed by atoms with Gasteiger partial charge in [0.05, 0.1) is 0 Å². The molecule has 0 fully saturated rings. The molecule has 0 nitrogen and oxygen atoms in total. The van der Waals surface area contributed by atoms with E-state index in [1.807, 2.05) is 42.5 Å². The van der Waals surface area contributed by atoms with Crippen molar-refractivity contribution in [3.8, 4) is 11.1 Å². The van der Waals surface area contributed by atoms with Gasteiger partial charge < -0.3 is 0 Å². The Morgan fingerprint density at radius 3 is 2.33 bits per heavy atom. The Kier molecular flexibility index (Phi) is 1.91. The van der Waals surface area contributed by atoms with Crippen LogP contribution in [0, 0.1) is 12.1 Å². The molecule has 0 saturated heterocycles. The molecule has 0 aliphatic heterocycles. The van der Waals surface area contributed by atoms with Crippen LogP contribution in [-0.2, 0) is 0 Å². The molecule has 12 heavy (non-hydrogen) atoms. The van der Waals surface area contributed by atoms with Crippen LogP contribution in [0.25, 0.3) is 11.1 Å². The van der Waals surface area contributed by atoms with E-state index in [0.717, 1.165) is 5.56 Å². The monoisotopic (exact) mass is 152 g/mol. The molecule has 0 N–H and O–H groups in total. The van der Waals surface area contributed by atoms with E-state index in [1.54, 1.807) is 0 Å². The van der Waals surface area contributed by atoms with Gasteiger partial charge in [0.2, 0.25) is 0 Å². The summed E-state index contributed by atoms with van der Waals surface area (Å²) in [5, 5.41) is 0. The van der Waals surface area contributed by atoms with E-state index in [9.17, 15) is 0 Å². The van der Waals surface area contributed by atoms with Crippen LogP contribution in [-0.4, -0.2) is 0 Å². The summed E-state index contributed by atoms with van der Waals surface area (Å²) in [5.74, 6) is 0. The van der Waals surface area contributed by atoms with Gasteiger partial charge in [0, 0.05) is 0 Å². The van der Waals surface area contributed by atoms with Crippen LogP contribution >= 0.6 is 0 Å². The molecular weight excluding hydrogens is 144 g/mol. The predicted octanol–water partition coefficient (Wildman–Crippen LogP) is 2.95. The normalized spacial score (nSPS) is 9.67. The maximum Gasteiger partial charge on any atom is -0.00992 e. The largest absolute Gasteiger partial charge is 0.0616 e. The van der Waals surface area contributed by atoms with Gasteiger partial charge in [-0.25, -0.2) is 0 Å². The zero-order valence-corrected chi connectivity index (χ0v) is 6.62. The SMILES string of the molecule is [c]1ccc(-c2[c]cccc2)cc1. The molecule has 56 valence electrons. The average molecular weight is 152 g/mol. The van der Waals surface area contributed by atoms with Gasteiger partial charge in [-0.3, -0.25) is 0 Å². The molecule has 0 atom stereocenters. The summed E-state index contributed by atoms with van der Waals surface area (Å²) in [4.78, 5) is 0. The summed E-state index contributed by atoms with van der Waals surface area (Å²) >= 11 is 0. The molecule has 0 unspecified atom stereocenters. The molecule has 0 aromatic heterocycles. The first-order valence-electron chi connectivity index (χ1n) is 3.90. The lowest BCUT2D eigenvalue weighted by molar-refractivity contribution is 1.60.